The number of anilines is 1. The van der Waals surface area contributed by atoms with E-state index in [1.807, 2.05) is 71.8 Å². The number of unbranched alkanes of at least 4 members (excludes halogenated alkanes) is 2. The van der Waals surface area contributed by atoms with Crippen LogP contribution in [0.4, 0.5) is 5.69 Å². The summed E-state index contributed by atoms with van der Waals surface area (Å²) < 4.78 is 17.1. The summed E-state index contributed by atoms with van der Waals surface area (Å²) in [6.45, 7) is -0.0272. The summed E-state index contributed by atoms with van der Waals surface area (Å²) in [6.07, 6.45) is 2.38. The number of H-pyrrole nitrogens is 1. The first kappa shape index (κ1) is 57.6. The summed E-state index contributed by atoms with van der Waals surface area (Å²) in [5.41, 5.74) is 6.73. The first-order chi connectivity index (χ1) is 36.3. The monoisotopic (exact) mass is 1070 g/mol. The van der Waals surface area contributed by atoms with Crippen LogP contribution in [-0.2, 0) is 65.2 Å². The molecule has 5 amide bonds. The van der Waals surface area contributed by atoms with Crippen LogP contribution in [0.5, 0.6) is 0 Å². The van der Waals surface area contributed by atoms with E-state index in [9.17, 15) is 67.9 Å². The smallest absolute Gasteiger partial charge is 0.403 e. The molecule has 0 fully saturated rings. The first-order valence-electron chi connectivity index (χ1n) is 24.9. The highest BCUT2D eigenvalue weighted by Crippen LogP contribution is 2.51. The molecule has 2 aliphatic rings. The van der Waals surface area contributed by atoms with Gasteiger partial charge >= 0.3 is 31.6 Å². The van der Waals surface area contributed by atoms with Gasteiger partial charge in [-0.3, -0.25) is 38.1 Å². The maximum Gasteiger partial charge on any atom is 0.403 e. The molecule has 0 spiro atoms. The third-order valence-electron chi connectivity index (χ3n) is 12.9. The quantitative estimate of drug-likeness (QED) is 0.0250. The second-order valence-electron chi connectivity index (χ2n) is 18.5. The summed E-state index contributed by atoms with van der Waals surface area (Å²) in [5.74, 6) is -8.30. The number of fused-ring (bicyclic) bond motifs is 6. The van der Waals surface area contributed by atoms with Crippen molar-refractivity contribution >= 4 is 83.3 Å². The number of amides is 5. The lowest BCUT2D eigenvalue weighted by Crippen LogP contribution is -2.48. The zero-order valence-electron chi connectivity index (χ0n) is 41.4. The number of carboxylic acid groups (broad SMARTS) is 4. The van der Waals surface area contributed by atoms with Gasteiger partial charge in [-0.1, -0.05) is 73.2 Å². The van der Waals surface area contributed by atoms with Gasteiger partial charge in [-0.25, -0.2) is 19.2 Å². The number of carbonyl (C=O) groups excluding carboxylic acids is 5. The fourth-order valence-electron chi connectivity index (χ4n) is 8.88. The van der Waals surface area contributed by atoms with Crippen molar-refractivity contribution in [3.63, 3.8) is 0 Å². The number of carbonyl (C=O) groups is 9. The Morgan fingerprint density at radius 2 is 1.30 bits per heavy atom. The minimum atomic E-state index is -4.76. The number of para-hydroxylation sites is 2. The maximum absolute atomic E-state index is 14.0. The minimum Gasteiger partial charge on any atom is -0.481 e. The second-order valence-corrected chi connectivity index (χ2v) is 20.0. The first-order valence-corrected chi connectivity index (χ1v) is 26.4. The van der Waals surface area contributed by atoms with Crippen LogP contribution in [0.1, 0.15) is 105 Å². The van der Waals surface area contributed by atoms with E-state index in [1.54, 1.807) is 11.1 Å². The fraction of sp³-hybridized carbons (Fsp3) is 0.404. The molecule has 0 saturated carbocycles. The van der Waals surface area contributed by atoms with E-state index in [1.165, 1.54) is 0 Å². The molecule has 0 saturated heterocycles. The molecule has 76 heavy (non-hydrogen) atoms. The highest BCUT2D eigenvalue weighted by atomic mass is 31.2. The Morgan fingerprint density at radius 3 is 2.04 bits per heavy atom. The topological polar surface area (TPSA) is 360 Å². The SMILES string of the molecule is O=C(O)CC[C@H](NP(=O)(O)OCCC[C@H](NC(=O)CCC(NC(=O)CCCCCNC(=O)C(Cc1c[nH]c2ccccc12)NC(=O)CCC(=O)N1Cc2ccccc2C2C=C2c2ccccc21)C(=O)O)C(=O)O)C(=O)O. The molecule has 11 N–H and O–H groups in total. The molecule has 2 heterocycles. The summed E-state index contributed by atoms with van der Waals surface area (Å²) in [7, 11) is -4.76. The number of hydrogen-bond donors (Lipinski definition) is 11. The van der Waals surface area contributed by atoms with Crippen LogP contribution >= 0.6 is 7.75 Å². The normalized spacial score (nSPS) is 15.8. The van der Waals surface area contributed by atoms with Crippen LogP contribution in [-0.4, -0.2) is 121 Å². The van der Waals surface area contributed by atoms with Gasteiger partial charge in [0, 0.05) is 73.7 Å². The number of rotatable bonds is 31. The van der Waals surface area contributed by atoms with Crippen LogP contribution in [0.3, 0.4) is 0 Å². The standard InChI is InChI=1S/C52H62N7O16P/c60-44(56-40(51(69)70)19-21-45(61)55-39(50(67)68)16-10-26-75-76(73,74)58-41(52(71)72)20-24-48(64)65)18-2-1-9-25-53-49(66)42(27-32-29-54-38-15-7-5-13-34(32)38)57-46(62)22-23-47(63)59-30-31-11-3-4-12-33(31)36-28-37(36)35-14-6-8-17-43(35)59/h3-8,11-15,17,28-29,36,39-42,54H,1-2,9-10,16,18-27,30H2,(H,53,66)(H,55,61)(H,56,60)(H,57,62)(H,64,65)(H,67,68)(H,69,70)(H,71,72)(H2,58,73,74)/t36?,39-,40?,41-,42?/m0/s1. The zero-order valence-corrected chi connectivity index (χ0v) is 42.3. The third-order valence-corrected chi connectivity index (χ3v) is 14.1. The Hall–Kier alpha value is -7.72. The molecular formula is C52H62N7O16P. The van der Waals surface area contributed by atoms with Crippen molar-refractivity contribution in [1.82, 2.24) is 31.3 Å². The van der Waals surface area contributed by atoms with Crippen molar-refractivity contribution in [2.75, 3.05) is 18.1 Å². The molecular weight excluding hydrogens is 1010 g/mol. The van der Waals surface area contributed by atoms with Crippen LogP contribution in [0.2, 0.25) is 0 Å². The van der Waals surface area contributed by atoms with Crippen molar-refractivity contribution in [3.8, 4) is 0 Å². The van der Waals surface area contributed by atoms with E-state index in [-0.39, 0.29) is 56.9 Å². The van der Waals surface area contributed by atoms with Gasteiger partial charge in [0.25, 0.3) is 0 Å². The number of allylic oxidation sites excluding steroid dienone is 2. The van der Waals surface area contributed by atoms with Crippen LogP contribution in [0.25, 0.3) is 16.5 Å². The molecule has 406 valence electrons. The molecule has 6 rings (SSSR count). The summed E-state index contributed by atoms with van der Waals surface area (Å²) >= 11 is 0. The summed E-state index contributed by atoms with van der Waals surface area (Å²) in [4.78, 5) is 127. The number of hydrogen-bond acceptors (Lipinski definition) is 11. The van der Waals surface area contributed by atoms with Gasteiger partial charge < -0.3 is 56.5 Å². The summed E-state index contributed by atoms with van der Waals surface area (Å²) in [6, 6.07) is 17.5. The van der Waals surface area contributed by atoms with Crippen LogP contribution < -0.4 is 31.3 Å². The van der Waals surface area contributed by atoms with Gasteiger partial charge in [0.1, 0.15) is 24.2 Å². The van der Waals surface area contributed by atoms with Gasteiger partial charge in [-0.15, -0.1) is 0 Å². The molecule has 6 atom stereocenters. The molecule has 4 aromatic rings. The Kier molecular flexibility index (Phi) is 20.6. The predicted molar refractivity (Wildman–Crippen MR) is 274 cm³/mol. The van der Waals surface area contributed by atoms with E-state index < -0.39 is 112 Å². The van der Waals surface area contributed by atoms with Crippen molar-refractivity contribution < 1.29 is 77.6 Å². The van der Waals surface area contributed by atoms with Gasteiger partial charge in [0.2, 0.25) is 29.5 Å². The van der Waals surface area contributed by atoms with Gasteiger partial charge in [-0.05, 0) is 72.9 Å². The van der Waals surface area contributed by atoms with Crippen molar-refractivity contribution in [2.24, 2.45) is 0 Å². The lowest BCUT2D eigenvalue weighted by Gasteiger charge is -2.28. The van der Waals surface area contributed by atoms with Crippen molar-refractivity contribution in [1.29, 1.82) is 0 Å². The molecule has 24 heteroatoms. The Morgan fingerprint density at radius 1 is 0.671 bits per heavy atom. The van der Waals surface area contributed by atoms with Gasteiger partial charge in [0.05, 0.1) is 18.8 Å². The lowest BCUT2D eigenvalue weighted by molar-refractivity contribution is -0.143. The van der Waals surface area contributed by atoms with E-state index in [0.29, 0.717) is 25.8 Å². The number of carboxylic acids is 4. The van der Waals surface area contributed by atoms with Crippen molar-refractivity contribution in [3.05, 3.63) is 107 Å². The molecule has 0 radical (unpaired) electrons. The van der Waals surface area contributed by atoms with Gasteiger partial charge in [0.15, 0.2) is 0 Å². The lowest BCUT2D eigenvalue weighted by atomic mass is 9.94. The average molecular weight is 1070 g/mol. The van der Waals surface area contributed by atoms with E-state index in [0.717, 1.165) is 44.4 Å². The third kappa shape index (κ3) is 16.9. The highest BCUT2D eigenvalue weighted by Gasteiger charge is 2.36. The number of aromatic amines is 1. The van der Waals surface area contributed by atoms with Gasteiger partial charge in [-0.2, -0.15) is 0 Å². The number of nitrogens with zero attached hydrogens (tertiary/aromatic N) is 1. The Bertz CT molecular complexity index is 2890. The Balaban J connectivity index is 0.923. The molecule has 1 aliphatic heterocycles. The molecule has 1 aromatic heterocycles. The number of aliphatic carboxylic acids is 4. The van der Waals surface area contributed by atoms with E-state index >= 15 is 0 Å². The number of nitrogens with one attached hydrogen (secondary N) is 6. The summed E-state index contributed by atoms with van der Waals surface area (Å²) in [5, 5.41) is 50.3. The molecule has 3 aromatic carbocycles. The predicted octanol–water partition coefficient (Wildman–Crippen LogP) is 4.10. The maximum atomic E-state index is 14.0. The van der Waals surface area contributed by atoms with E-state index in [2.05, 4.69) is 38.4 Å². The fourth-order valence-corrected chi connectivity index (χ4v) is 9.96. The Labute approximate surface area is 436 Å². The molecule has 0 bridgehead atoms. The van der Waals surface area contributed by atoms with Crippen molar-refractivity contribution in [2.45, 2.75) is 120 Å². The molecule has 1 aliphatic carbocycles. The van der Waals surface area contributed by atoms with Crippen LogP contribution in [0.15, 0.2) is 85.1 Å². The van der Waals surface area contributed by atoms with Crippen LogP contribution in [0, 0.1) is 0 Å². The number of benzene rings is 3. The second kappa shape index (κ2) is 27.2. The zero-order chi connectivity index (χ0) is 54.9. The average Bonchev–Trinajstić information content (AvgIpc) is 4.10. The largest absolute Gasteiger partial charge is 0.481 e. The number of aromatic nitrogens is 1. The van der Waals surface area contributed by atoms with E-state index in [4.69, 9.17) is 9.63 Å². The molecule has 4 unspecified atom stereocenters. The highest BCUT2D eigenvalue weighted by molar-refractivity contribution is 7.50. The molecule has 23 nitrogen and oxygen atoms in total. The minimum absolute atomic E-state index is 0.0887.